The number of aliphatic hydroxyl groups is 1. The minimum Gasteiger partial charge on any atom is -0.490 e. The predicted octanol–water partition coefficient (Wildman–Crippen LogP) is 3.12. The summed E-state index contributed by atoms with van der Waals surface area (Å²) in [5, 5.41) is 22.7. The van der Waals surface area contributed by atoms with E-state index in [1.807, 2.05) is 63.2 Å². The number of para-hydroxylation sites is 1. The van der Waals surface area contributed by atoms with Crippen LogP contribution in [0.15, 0.2) is 47.6 Å². The Labute approximate surface area is 157 Å². The first-order chi connectivity index (χ1) is 12.5. The SMILES string of the molecule is Cc1ccc(-n2nnnc2SC[C@@H](O)COc2c(C)cccc2C)cc1. The molecule has 6 nitrogen and oxygen atoms in total. The Morgan fingerprint density at radius 1 is 1.08 bits per heavy atom. The molecule has 0 aliphatic heterocycles. The summed E-state index contributed by atoms with van der Waals surface area (Å²) >= 11 is 1.40. The molecule has 0 aliphatic rings. The van der Waals surface area contributed by atoms with Gasteiger partial charge in [0.25, 0.3) is 0 Å². The molecule has 0 radical (unpaired) electrons. The van der Waals surface area contributed by atoms with Crippen molar-refractivity contribution in [2.75, 3.05) is 12.4 Å². The van der Waals surface area contributed by atoms with Crippen molar-refractivity contribution in [2.24, 2.45) is 0 Å². The van der Waals surface area contributed by atoms with Crippen LogP contribution in [-0.2, 0) is 0 Å². The van der Waals surface area contributed by atoms with E-state index >= 15 is 0 Å². The summed E-state index contributed by atoms with van der Waals surface area (Å²) in [6.45, 7) is 6.26. The number of benzene rings is 2. The average Bonchev–Trinajstić information content (AvgIpc) is 3.09. The molecular weight excluding hydrogens is 348 g/mol. The summed E-state index contributed by atoms with van der Waals surface area (Å²) in [5.41, 5.74) is 4.20. The Morgan fingerprint density at radius 2 is 1.77 bits per heavy atom. The Hall–Kier alpha value is -2.38. The number of thioether (sulfide) groups is 1. The quantitative estimate of drug-likeness (QED) is 0.644. The van der Waals surface area contributed by atoms with Gasteiger partial charge in [-0.25, -0.2) is 0 Å². The molecule has 136 valence electrons. The van der Waals surface area contributed by atoms with Crippen LogP contribution in [0.5, 0.6) is 5.75 Å². The molecule has 26 heavy (non-hydrogen) atoms. The number of hydrogen-bond acceptors (Lipinski definition) is 6. The van der Waals surface area contributed by atoms with E-state index in [-0.39, 0.29) is 6.61 Å². The van der Waals surface area contributed by atoms with E-state index in [9.17, 15) is 5.11 Å². The molecule has 0 unspecified atom stereocenters. The standard InChI is InChI=1S/C19H22N4O2S/c1-13-7-9-16(10-8-13)23-19(20-21-22-23)26-12-17(24)11-25-18-14(2)5-4-6-15(18)3/h4-10,17,24H,11-12H2,1-3H3/t17-/m0/s1. The zero-order valence-corrected chi connectivity index (χ0v) is 15.9. The van der Waals surface area contributed by atoms with Gasteiger partial charge in [0.05, 0.1) is 11.8 Å². The highest BCUT2D eigenvalue weighted by molar-refractivity contribution is 7.99. The van der Waals surface area contributed by atoms with E-state index in [0.29, 0.717) is 10.9 Å². The largest absolute Gasteiger partial charge is 0.490 e. The zero-order valence-electron chi connectivity index (χ0n) is 15.1. The molecule has 3 rings (SSSR count). The summed E-state index contributed by atoms with van der Waals surface area (Å²) in [6.07, 6.45) is -0.623. The molecule has 1 N–H and O–H groups in total. The first kappa shape index (κ1) is 18.4. The molecule has 2 aromatic carbocycles. The minimum atomic E-state index is -0.623. The summed E-state index contributed by atoms with van der Waals surface area (Å²) in [6, 6.07) is 14.0. The lowest BCUT2D eigenvalue weighted by Crippen LogP contribution is -2.21. The van der Waals surface area contributed by atoms with Crippen molar-refractivity contribution in [3.05, 3.63) is 59.2 Å². The second-order valence-corrected chi connectivity index (χ2v) is 7.19. The third-order valence-electron chi connectivity index (χ3n) is 3.95. The second kappa shape index (κ2) is 8.33. The van der Waals surface area contributed by atoms with Crippen LogP contribution < -0.4 is 4.74 Å². The van der Waals surface area contributed by atoms with Crippen molar-refractivity contribution in [3.63, 3.8) is 0 Å². The van der Waals surface area contributed by atoms with E-state index in [4.69, 9.17) is 4.74 Å². The van der Waals surface area contributed by atoms with Crippen molar-refractivity contribution in [2.45, 2.75) is 32.0 Å². The van der Waals surface area contributed by atoms with E-state index in [2.05, 4.69) is 15.5 Å². The Balaban J connectivity index is 1.58. The maximum Gasteiger partial charge on any atom is 0.214 e. The first-order valence-corrected chi connectivity index (χ1v) is 9.38. The highest BCUT2D eigenvalue weighted by Crippen LogP contribution is 2.23. The topological polar surface area (TPSA) is 73.1 Å². The van der Waals surface area contributed by atoms with Gasteiger partial charge in [0.2, 0.25) is 5.16 Å². The Kier molecular flexibility index (Phi) is 5.90. The molecule has 1 atom stereocenters. The molecule has 0 bridgehead atoms. The third-order valence-corrected chi connectivity index (χ3v) is 5.02. The molecule has 1 heterocycles. The molecule has 0 fully saturated rings. The fourth-order valence-corrected chi connectivity index (χ4v) is 3.34. The average molecular weight is 370 g/mol. The first-order valence-electron chi connectivity index (χ1n) is 8.40. The number of rotatable bonds is 7. The van der Waals surface area contributed by atoms with Gasteiger partial charge in [-0.1, -0.05) is 47.7 Å². The highest BCUT2D eigenvalue weighted by atomic mass is 32.2. The lowest BCUT2D eigenvalue weighted by Gasteiger charge is -2.15. The Morgan fingerprint density at radius 3 is 2.46 bits per heavy atom. The minimum absolute atomic E-state index is 0.227. The van der Waals surface area contributed by atoms with Gasteiger partial charge in [-0.3, -0.25) is 0 Å². The lowest BCUT2D eigenvalue weighted by molar-refractivity contribution is 0.125. The smallest absolute Gasteiger partial charge is 0.214 e. The van der Waals surface area contributed by atoms with Gasteiger partial charge in [-0.2, -0.15) is 4.68 Å². The van der Waals surface area contributed by atoms with Crippen molar-refractivity contribution < 1.29 is 9.84 Å². The molecule has 0 saturated heterocycles. The number of ether oxygens (including phenoxy) is 1. The van der Waals surface area contributed by atoms with Gasteiger partial charge in [-0.05, 0) is 54.5 Å². The zero-order chi connectivity index (χ0) is 18.5. The molecule has 3 aromatic rings. The number of nitrogens with zero attached hydrogens (tertiary/aromatic N) is 4. The van der Waals surface area contributed by atoms with Crippen LogP contribution in [0.2, 0.25) is 0 Å². The van der Waals surface area contributed by atoms with Crippen LogP contribution in [0, 0.1) is 20.8 Å². The summed E-state index contributed by atoms with van der Waals surface area (Å²) < 4.78 is 7.48. The van der Waals surface area contributed by atoms with Gasteiger partial charge in [-0.15, -0.1) is 5.10 Å². The Bertz CT molecular complexity index is 844. The van der Waals surface area contributed by atoms with E-state index in [0.717, 1.165) is 22.6 Å². The van der Waals surface area contributed by atoms with Crippen molar-refractivity contribution in [1.82, 2.24) is 20.2 Å². The normalized spacial score (nSPS) is 12.2. The number of aliphatic hydroxyl groups excluding tert-OH is 1. The van der Waals surface area contributed by atoms with Crippen LogP contribution >= 0.6 is 11.8 Å². The van der Waals surface area contributed by atoms with Gasteiger partial charge < -0.3 is 9.84 Å². The molecule has 0 amide bonds. The number of hydrogen-bond donors (Lipinski definition) is 1. The maximum absolute atomic E-state index is 10.3. The molecule has 0 spiro atoms. The van der Waals surface area contributed by atoms with Crippen LogP contribution in [0.1, 0.15) is 16.7 Å². The molecule has 0 aliphatic carbocycles. The number of aromatic nitrogens is 4. The van der Waals surface area contributed by atoms with Crippen LogP contribution in [-0.4, -0.2) is 43.8 Å². The van der Waals surface area contributed by atoms with Gasteiger partial charge in [0.1, 0.15) is 12.4 Å². The summed E-state index contributed by atoms with van der Waals surface area (Å²) in [5.74, 6) is 1.28. The highest BCUT2D eigenvalue weighted by Gasteiger charge is 2.13. The second-order valence-electron chi connectivity index (χ2n) is 6.21. The van der Waals surface area contributed by atoms with Crippen LogP contribution in [0.25, 0.3) is 5.69 Å². The fourth-order valence-electron chi connectivity index (χ4n) is 2.54. The third kappa shape index (κ3) is 4.42. The van der Waals surface area contributed by atoms with Crippen molar-refractivity contribution in [3.8, 4) is 11.4 Å². The van der Waals surface area contributed by atoms with Gasteiger partial charge >= 0.3 is 0 Å². The molecule has 7 heteroatoms. The predicted molar refractivity (Wildman–Crippen MR) is 102 cm³/mol. The molecular formula is C19H22N4O2S. The van der Waals surface area contributed by atoms with Crippen molar-refractivity contribution >= 4 is 11.8 Å². The van der Waals surface area contributed by atoms with E-state index < -0.39 is 6.10 Å². The number of tetrazole rings is 1. The number of aryl methyl sites for hydroxylation is 3. The molecule has 0 saturated carbocycles. The monoisotopic (exact) mass is 370 g/mol. The van der Waals surface area contributed by atoms with Crippen LogP contribution in [0.4, 0.5) is 0 Å². The van der Waals surface area contributed by atoms with Gasteiger partial charge in [0, 0.05) is 5.75 Å². The summed E-state index contributed by atoms with van der Waals surface area (Å²) in [4.78, 5) is 0. The molecule has 1 aromatic heterocycles. The van der Waals surface area contributed by atoms with E-state index in [1.165, 1.54) is 17.3 Å². The van der Waals surface area contributed by atoms with Gasteiger partial charge in [0.15, 0.2) is 0 Å². The van der Waals surface area contributed by atoms with E-state index in [1.54, 1.807) is 4.68 Å². The maximum atomic E-state index is 10.3. The lowest BCUT2D eigenvalue weighted by atomic mass is 10.1. The van der Waals surface area contributed by atoms with Crippen LogP contribution in [0.3, 0.4) is 0 Å². The van der Waals surface area contributed by atoms with Crippen molar-refractivity contribution in [1.29, 1.82) is 0 Å². The summed E-state index contributed by atoms with van der Waals surface area (Å²) in [7, 11) is 0. The fraction of sp³-hybridized carbons (Fsp3) is 0.316.